The van der Waals surface area contributed by atoms with Crippen LogP contribution in [0.2, 0.25) is 0 Å². The van der Waals surface area contributed by atoms with E-state index in [1.54, 1.807) is 6.21 Å². The number of aromatic amines is 1. The van der Waals surface area contributed by atoms with Crippen LogP contribution < -0.4 is 5.43 Å². The highest BCUT2D eigenvalue weighted by molar-refractivity contribution is 7.21. The summed E-state index contributed by atoms with van der Waals surface area (Å²) in [5, 5.41) is 14.3. The highest BCUT2D eigenvalue weighted by Gasteiger charge is 2.22. The van der Waals surface area contributed by atoms with E-state index in [0.717, 1.165) is 44.0 Å². The van der Waals surface area contributed by atoms with Gasteiger partial charge in [0.05, 0.1) is 11.9 Å². The molecule has 0 bridgehead atoms. The van der Waals surface area contributed by atoms with Gasteiger partial charge in [-0.05, 0) is 57.0 Å². The van der Waals surface area contributed by atoms with Gasteiger partial charge in [-0.3, -0.25) is 4.79 Å². The lowest BCUT2D eigenvalue weighted by atomic mass is 10.1. The molecule has 4 heterocycles. The first-order valence-corrected chi connectivity index (χ1v) is 10.2. The van der Waals surface area contributed by atoms with Crippen LogP contribution in [0.4, 0.5) is 0 Å². The molecule has 150 valence electrons. The second kappa shape index (κ2) is 7.61. The van der Waals surface area contributed by atoms with E-state index in [0.29, 0.717) is 10.6 Å². The van der Waals surface area contributed by atoms with E-state index < -0.39 is 0 Å². The van der Waals surface area contributed by atoms with Crippen LogP contribution >= 0.6 is 11.3 Å². The first-order valence-electron chi connectivity index (χ1n) is 9.37. The molecule has 7 nitrogen and oxygen atoms in total. The number of nitriles is 1. The van der Waals surface area contributed by atoms with Gasteiger partial charge in [0.2, 0.25) is 0 Å². The zero-order valence-electron chi connectivity index (χ0n) is 17.1. The molecule has 0 saturated carbocycles. The van der Waals surface area contributed by atoms with Crippen molar-refractivity contribution in [3.05, 3.63) is 69.2 Å². The molecule has 0 saturated heterocycles. The Bertz CT molecular complexity index is 1330. The van der Waals surface area contributed by atoms with Gasteiger partial charge in [-0.1, -0.05) is 0 Å². The molecule has 8 heteroatoms. The molecule has 0 atom stereocenters. The average Bonchev–Trinajstić information content (AvgIpc) is 3.41. The number of hydrazone groups is 1. The maximum absolute atomic E-state index is 13.0. The quantitative estimate of drug-likeness (QED) is 0.384. The molecule has 4 aromatic rings. The summed E-state index contributed by atoms with van der Waals surface area (Å²) in [7, 11) is 0. The molecule has 0 aliphatic rings. The second-order valence-corrected chi connectivity index (χ2v) is 8.10. The van der Waals surface area contributed by atoms with E-state index in [4.69, 9.17) is 5.26 Å². The molecule has 2 N–H and O–H groups in total. The summed E-state index contributed by atoms with van der Waals surface area (Å²) >= 11 is 1.35. The Balaban J connectivity index is 1.72. The molecule has 0 aliphatic carbocycles. The smallest absolute Gasteiger partial charge is 0.283 e. The van der Waals surface area contributed by atoms with Gasteiger partial charge in [-0.2, -0.15) is 10.4 Å². The Morgan fingerprint density at radius 3 is 2.70 bits per heavy atom. The lowest BCUT2D eigenvalue weighted by Gasteiger charge is -2.07. The third kappa shape index (κ3) is 3.29. The molecule has 0 spiro atoms. The van der Waals surface area contributed by atoms with Gasteiger partial charge in [-0.15, -0.1) is 11.3 Å². The molecule has 0 aliphatic heterocycles. The Labute approximate surface area is 177 Å². The number of hydrogen-bond donors (Lipinski definition) is 2. The highest BCUT2D eigenvalue weighted by Crippen LogP contribution is 2.35. The number of amides is 1. The van der Waals surface area contributed by atoms with Crippen LogP contribution in [-0.2, 0) is 0 Å². The van der Waals surface area contributed by atoms with E-state index in [-0.39, 0.29) is 5.91 Å². The van der Waals surface area contributed by atoms with Gasteiger partial charge in [0.15, 0.2) is 0 Å². The first-order chi connectivity index (χ1) is 14.4. The molecular formula is C22H20N6OS. The molecule has 30 heavy (non-hydrogen) atoms. The molecule has 4 aromatic heterocycles. The van der Waals surface area contributed by atoms with Crippen molar-refractivity contribution >= 4 is 33.7 Å². The number of hydrogen-bond acceptors (Lipinski definition) is 5. The van der Waals surface area contributed by atoms with Crippen molar-refractivity contribution in [2.45, 2.75) is 27.7 Å². The fraction of sp³-hybridized carbons (Fsp3) is 0.182. The molecule has 0 fully saturated rings. The predicted molar refractivity (Wildman–Crippen MR) is 118 cm³/mol. The van der Waals surface area contributed by atoms with Gasteiger partial charge in [0.25, 0.3) is 5.91 Å². The van der Waals surface area contributed by atoms with Crippen molar-refractivity contribution in [1.29, 1.82) is 5.26 Å². The number of H-pyrrole nitrogens is 1. The van der Waals surface area contributed by atoms with Crippen LogP contribution in [0, 0.1) is 39.0 Å². The molecule has 0 unspecified atom stereocenters. The Hall–Kier alpha value is -3.70. The Morgan fingerprint density at radius 2 is 2.03 bits per heavy atom. The monoisotopic (exact) mass is 416 g/mol. The zero-order chi connectivity index (χ0) is 21.4. The van der Waals surface area contributed by atoms with E-state index in [1.165, 1.54) is 11.3 Å². The van der Waals surface area contributed by atoms with Crippen molar-refractivity contribution in [2.75, 3.05) is 0 Å². The van der Waals surface area contributed by atoms with E-state index in [2.05, 4.69) is 26.6 Å². The van der Waals surface area contributed by atoms with Gasteiger partial charge in [0.1, 0.15) is 21.5 Å². The van der Waals surface area contributed by atoms with E-state index in [1.807, 2.05) is 62.9 Å². The molecule has 1 amide bonds. The number of carbonyl (C=O) groups is 1. The van der Waals surface area contributed by atoms with Crippen molar-refractivity contribution in [1.82, 2.24) is 20.0 Å². The number of thiophene rings is 1. The van der Waals surface area contributed by atoms with Crippen LogP contribution in [0.25, 0.3) is 15.9 Å². The normalized spacial score (nSPS) is 11.3. The summed E-state index contributed by atoms with van der Waals surface area (Å²) in [6, 6.07) is 7.98. The number of pyridine rings is 1. The molecular weight excluding hydrogens is 396 g/mol. The topological polar surface area (TPSA) is 98.9 Å². The van der Waals surface area contributed by atoms with Crippen molar-refractivity contribution in [3.8, 4) is 11.8 Å². The largest absolute Gasteiger partial charge is 0.350 e. The minimum absolute atomic E-state index is 0.304. The van der Waals surface area contributed by atoms with Gasteiger partial charge in [-0.25, -0.2) is 10.4 Å². The van der Waals surface area contributed by atoms with Crippen LogP contribution in [0.1, 0.15) is 43.4 Å². The molecule has 0 radical (unpaired) electrons. The van der Waals surface area contributed by atoms with Crippen molar-refractivity contribution < 1.29 is 4.79 Å². The van der Waals surface area contributed by atoms with Crippen molar-refractivity contribution in [3.63, 3.8) is 0 Å². The number of fused-ring (bicyclic) bond motifs is 1. The summed E-state index contributed by atoms with van der Waals surface area (Å²) in [6.07, 6.45) is 5.39. The number of carbonyl (C=O) groups excluding carboxylic acids is 1. The second-order valence-electron chi connectivity index (χ2n) is 7.11. The van der Waals surface area contributed by atoms with Crippen molar-refractivity contribution in [2.24, 2.45) is 5.10 Å². The van der Waals surface area contributed by atoms with E-state index in [9.17, 15) is 4.79 Å². The third-order valence-electron chi connectivity index (χ3n) is 5.00. The molecule has 0 aromatic carbocycles. The van der Waals surface area contributed by atoms with Crippen LogP contribution in [-0.4, -0.2) is 26.7 Å². The van der Waals surface area contributed by atoms with Crippen LogP contribution in [0.5, 0.6) is 0 Å². The number of rotatable bonds is 4. The Kier molecular flexibility index (Phi) is 4.98. The lowest BCUT2D eigenvalue weighted by Crippen LogP contribution is -2.18. The number of aryl methyl sites for hydroxylation is 3. The van der Waals surface area contributed by atoms with Gasteiger partial charge >= 0.3 is 0 Å². The predicted octanol–water partition coefficient (Wildman–Crippen LogP) is 4.28. The minimum Gasteiger partial charge on any atom is -0.350 e. The summed E-state index contributed by atoms with van der Waals surface area (Å²) < 4.78 is 1.93. The van der Waals surface area contributed by atoms with Gasteiger partial charge in [0, 0.05) is 34.7 Å². The number of aromatic nitrogens is 3. The SMILES string of the molecule is Cc1cc(C)c2c(-n3cccc3)c(C(=O)NN=Cc3c(C)[nH]c(C#N)c3C)sc2n1. The summed E-state index contributed by atoms with van der Waals surface area (Å²) in [6.45, 7) is 7.69. The summed E-state index contributed by atoms with van der Waals surface area (Å²) in [5.41, 5.74) is 8.34. The third-order valence-corrected chi connectivity index (χ3v) is 6.07. The minimum atomic E-state index is -0.304. The van der Waals surface area contributed by atoms with E-state index >= 15 is 0 Å². The first kappa shape index (κ1) is 19.6. The zero-order valence-corrected chi connectivity index (χ0v) is 17.9. The highest BCUT2D eigenvalue weighted by atomic mass is 32.1. The fourth-order valence-electron chi connectivity index (χ4n) is 3.58. The maximum atomic E-state index is 13.0. The Morgan fingerprint density at radius 1 is 1.30 bits per heavy atom. The maximum Gasteiger partial charge on any atom is 0.283 e. The summed E-state index contributed by atoms with van der Waals surface area (Å²) in [4.78, 5) is 22.0. The lowest BCUT2D eigenvalue weighted by molar-refractivity contribution is 0.0959. The number of nitrogens with zero attached hydrogens (tertiary/aromatic N) is 4. The number of nitrogens with one attached hydrogen (secondary N) is 2. The standard InChI is InChI=1S/C22H20N6OS/c1-12-9-13(2)25-22-18(12)19(28-7-5-6-8-28)20(30-22)21(29)27-24-11-16-14(3)17(10-23)26-15(16)4/h5-9,11,26H,1-4H3,(H,27,29). The van der Waals surface area contributed by atoms with Crippen LogP contribution in [0.3, 0.4) is 0 Å². The van der Waals surface area contributed by atoms with Crippen LogP contribution in [0.15, 0.2) is 35.7 Å². The molecule has 4 rings (SSSR count). The van der Waals surface area contributed by atoms with Gasteiger partial charge < -0.3 is 9.55 Å². The fourth-order valence-corrected chi connectivity index (χ4v) is 4.77. The summed E-state index contributed by atoms with van der Waals surface area (Å²) in [5.74, 6) is -0.304. The average molecular weight is 417 g/mol.